The minimum atomic E-state index is 0.539. The second kappa shape index (κ2) is 5.63. The largest absolute Gasteiger partial charge is 0.306 e. The molecule has 2 heteroatoms. The number of hydrogen-bond donors (Lipinski definition) is 0. The van der Waals surface area contributed by atoms with Gasteiger partial charge >= 0.3 is 0 Å². The fourth-order valence-corrected chi connectivity index (χ4v) is 2.72. The number of hydrogen-bond acceptors (Lipinski definition) is 2. The van der Waals surface area contributed by atoms with Crippen LogP contribution in [-0.4, -0.2) is 30.0 Å². The Kier molecular flexibility index (Phi) is 4.16. The zero-order valence-corrected chi connectivity index (χ0v) is 11.3. The minimum Gasteiger partial charge on any atom is -0.306 e. The molecule has 0 saturated carbocycles. The molecule has 0 radical (unpaired) electrons. The van der Waals surface area contributed by atoms with Crippen molar-refractivity contribution in [3.63, 3.8) is 0 Å². The number of aromatic nitrogens is 1. The van der Waals surface area contributed by atoms with E-state index in [0.717, 1.165) is 5.92 Å². The monoisotopic (exact) mass is 232 g/mol. The molecule has 2 heterocycles. The Balaban J connectivity index is 2.03. The molecule has 0 unspecified atom stereocenters. The average Bonchev–Trinajstić information content (AvgIpc) is 2.32. The minimum absolute atomic E-state index is 0.539. The molecule has 1 aliphatic rings. The van der Waals surface area contributed by atoms with Gasteiger partial charge in [-0.05, 0) is 62.9 Å². The Bertz CT molecular complexity index is 352. The first kappa shape index (κ1) is 12.6. The summed E-state index contributed by atoms with van der Waals surface area (Å²) in [5.41, 5.74) is 2.77. The number of piperidine rings is 1. The molecule has 1 aliphatic heterocycles. The van der Waals surface area contributed by atoms with Gasteiger partial charge in [0, 0.05) is 11.9 Å². The maximum absolute atomic E-state index is 4.55. The molecule has 0 N–H and O–H groups in total. The zero-order valence-electron chi connectivity index (χ0n) is 11.3. The van der Waals surface area contributed by atoms with Gasteiger partial charge in [0.1, 0.15) is 0 Å². The van der Waals surface area contributed by atoms with Crippen LogP contribution in [0.1, 0.15) is 43.9 Å². The lowest BCUT2D eigenvalue weighted by Crippen LogP contribution is -2.31. The summed E-state index contributed by atoms with van der Waals surface area (Å²) in [6.45, 7) is 6.98. The van der Waals surface area contributed by atoms with Gasteiger partial charge in [-0.2, -0.15) is 0 Å². The standard InChI is InChI=1S/C15H24N2/c1-12(2)15-14(5-4-8-16-15)11-13-6-9-17(3)10-7-13/h4-5,8,12-13H,6-7,9-11H2,1-3H3. The van der Waals surface area contributed by atoms with E-state index in [1.807, 2.05) is 6.20 Å². The van der Waals surface area contributed by atoms with Crippen LogP contribution >= 0.6 is 0 Å². The Morgan fingerprint density at radius 2 is 2.06 bits per heavy atom. The maximum atomic E-state index is 4.55. The second-order valence-electron chi connectivity index (χ2n) is 5.65. The molecule has 1 aromatic rings. The highest BCUT2D eigenvalue weighted by atomic mass is 15.1. The molecule has 0 bridgehead atoms. The van der Waals surface area contributed by atoms with Crippen molar-refractivity contribution in [1.82, 2.24) is 9.88 Å². The van der Waals surface area contributed by atoms with Crippen molar-refractivity contribution in [3.05, 3.63) is 29.6 Å². The van der Waals surface area contributed by atoms with Gasteiger partial charge < -0.3 is 4.90 Å². The van der Waals surface area contributed by atoms with E-state index in [2.05, 4.69) is 42.9 Å². The highest BCUT2D eigenvalue weighted by molar-refractivity contribution is 5.23. The van der Waals surface area contributed by atoms with Crippen molar-refractivity contribution in [2.75, 3.05) is 20.1 Å². The normalized spacial score (nSPS) is 18.8. The molecule has 0 aliphatic carbocycles. The van der Waals surface area contributed by atoms with Crippen LogP contribution in [0.3, 0.4) is 0 Å². The van der Waals surface area contributed by atoms with Crippen LogP contribution in [0.4, 0.5) is 0 Å². The SMILES string of the molecule is CC(C)c1ncccc1CC1CCN(C)CC1. The van der Waals surface area contributed by atoms with E-state index < -0.39 is 0 Å². The zero-order chi connectivity index (χ0) is 12.3. The van der Waals surface area contributed by atoms with E-state index in [1.165, 1.54) is 43.6 Å². The van der Waals surface area contributed by atoms with E-state index in [1.54, 1.807) is 0 Å². The molecule has 2 rings (SSSR count). The predicted molar refractivity (Wildman–Crippen MR) is 72.3 cm³/mol. The average molecular weight is 232 g/mol. The topological polar surface area (TPSA) is 16.1 Å². The highest BCUT2D eigenvalue weighted by Gasteiger charge is 2.18. The van der Waals surface area contributed by atoms with Crippen molar-refractivity contribution >= 4 is 0 Å². The van der Waals surface area contributed by atoms with E-state index in [4.69, 9.17) is 0 Å². The molecule has 0 atom stereocenters. The van der Waals surface area contributed by atoms with Crippen LogP contribution in [-0.2, 0) is 6.42 Å². The van der Waals surface area contributed by atoms with E-state index in [9.17, 15) is 0 Å². The first-order valence-corrected chi connectivity index (χ1v) is 6.79. The van der Waals surface area contributed by atoms with Crippen LogP contribution in [0.5, 0.6) is 0 Å². The third-order valence-electron chi connectivity index (χ3n) is 3.82. The fraction of sp³-hybridized carbons (Fsp3) is 0.667. The molecular formula is C15H24N2. The number of likely N-dealkylation sites (tertiary alicyclic amines) is 1. The van der Waals surface area contributed by atoms with Crippen molar-refractivity contribution in [2.24, 2.45) is 5.92 Å². The molecule has 0 amide bonds. The van der Waals surface area contributed by atoms with Crippen molar-refractivity contribution < 1.29 is 0 Å². The Hall–Kier alpha value is -0.890. The van der Waals surface area contributed by atoms with Crippen molar-refractivity contribution in [2.45, 2.75) is 39.0 Å². The van der Waals surface area contributed by atoms with Crippen LogP contribution in [0.15, 0.2) is 18.3 Å². The van der Waals surface area contributed by atoms with Gasteiger partial charge in [-0.3, -0.25) is 4.98 Å². The molecule has 94 valence electrons. The van der Waals surface area contributed by atoms with Crippen LogP contribution in [0, 0.1) is 5.92 Å². The quantitative estimate of drug-likeness (QED) is 0.796. The Morgan fingerprint density at radius 1 is 1.35 bits per heavy atom. The van der Waals surface area contributed by atoms with E-state index in [-0.39, 0.29) is 0 Å². The molecule has 1 saturated heterocycles. The lowest BCUT2D eigenvalue weighted by molar-refractivity contribution is 0.218. The smallest absolute Gasteiger partial charge is 0.0461 e. The Morgan fingerprint density at radius 3 is 2.71 bits per heavy atom. The second-order valence-corrected chi connectivity index (χ2v) is 5.65. The first-order valence-electron chi connectivity index (χ1n) is 6.79. The van der Waals surface area contributed by atoms with Gasteiger partial charge in [0.05, 0.1) is 0 Å². The van der Waals surface area contributed by atoms with Crippen LogP contribution in [0.2, 0.25) is 0 Å². The summed E-state index contributed by atoms with van der Waals surface area (Å²) in [5, 5.41) is 0. The third kappa shape index (κ3) is 3.29. The van der Waals surface area contributed by atoms with Gasteiger partial charge in [0.25, 0.3) is 0 Å². The summed E-state index contributed by atoms with van der Waals surface area (Å²) in [6.07, 6.45) is 5.81. The van der Waals surface area contributed by atoms with Gasteiger partial charge in [0.2, 0.25) is 0 Å². The fourth-order valence-electron chi connectivity index (χ4n) is 2.72. The molecule has 2 nitrogen and oxygen atoms in total. The van der Waals surface area contributed by atoms with Gasteiger partial charge in [-0.15, -0.1) is 0 Å². The Labute approximate surface area is 105 Å². The molecule has 17 heavy (non-hydrogen) atoms. The van der Waals surface area contributed by atoms with Gasteiger partial charge in [-0.25, -0.2) is 0 Å². The van der Waals surface area contributed by atoms with Crippen LogP contribution in [0.25, 0.3) is 0 Å². The van der Waals surface area contributed by atoms with E-state index in [0.29, 0.717) is 5.92 Å². The summed E-state index contributed by atoms with van der Waals surface area (Å²) in [7, 11) is 2.22. The molecule has 0 spiro atoms. The van der Waals surface area contributed by atoms with Crippen molar-refractivity contribution in [3.8, 4) is 0 Å². The molecule has 1 aromatic heterocycles. The first-order chi connectivity index (χ1) is 8.16. The number of nitrogens with zero attached hydrogens (tertiary/aromatic N) is 2. The molecule has 0 aromatic carbocycles. The number of pyridine rings is 1. The maximum Gasteiger partial charge on any atom is 0.0461 e. The van der Waals surface area contributed by atoms with Crippen molar-refractivity contribution in [1.29, 1.82) is 0 Å². The summed E-state index contributed by atoms with van der Waals surface area (Å²) >= 11 is 0. The summed E-state index contributed by atoms with van der Waals surface area (Å²) in [6, 6.07) is 4.34. The molecular weight excluding hydrogens is 208 g/mol. The highest BCUT2D eigenvalue weighted by Crippen LogP contribution is 2.24. The predicted octanol–water partition coefficient (Wildman–Crippen LogP) is 3.09. The summed E-state index contributed by atoms with van der Waals surface area (Å²) in [4.78, 5) is 6.98. The van der Waals surface area contributed by atoms with E-state index >= 15 is 0 Å². The van der Waals surface area contributed by atoms with Gasteiger partial charge in [-0.1, -0.05) is 19.9 Å². The van der Waals surface area contributed by atoms with Crippen LogP contribution < -0.4 is 0 Å². The number of rotatable bonds is 3. The summed E-state index contributed by atoms with van der Waals surface area (Å²) in [5.74, 6) is 1.39. The lowest BCUT2D eigenvalue weighted by Gasteiger charge is -2.29. The third-order valence-corrected chi connectivity index (χ3v) is 3.82. The summed E-state index contributed by atoms with van der Waals surface area (Å²) < 4.78 is 0. The van der Waals surface area contributed by atoms with Gasteiger partial charge in [0.15, 0.2) is 0 Å². The molecule has 1 fully saturated rings. The lowest BCUT2D eigenvalue weighted by atomic mass is 9.88.